The first kappa shape index (κ1) is 36.1. The largest absolute Gasteiger partial charge is 0.394 e. The number of hydrogen-bond acceptors (Lipinski definition) is 19. The van der Waals surface area contributed by atoms with Crippen molar-refractivity contribution in [2.75, 3.05) is 26.3 Å². The highest BCUT2D eigenvalue weighted by Gasteiger charge is 2.54. The molecule has 4 fully saturated rings. The molecular formula is C25H45NO18. The average Bonchev–Trinajstić information content (AvgIpc) is 3.12. The quantitative estimate of drug-likeness (QED) is 0.110. The second-order valence-corrected chi connectivity index (χ2v) is 11.4. The number of aliphatic hydroxyl groups excluding tert-OH is 12. The van der Waals surface area contributed by atoms with Gasteiger partial charge in [0.05, 0.1) is 31.5 Å². The standard InChI is InChI=1S/C25H45NO18/c1-2-9-21(43-23-17(36)14(33)13(32)10(5-27)40-23)15(34)18(37)24(39-9)44-22-11(6-28)41-25(19(38)16(22)35)42-20-8(30)4-26-3-7(29)12(20)31/h7-38H,2-6H2,1H3. The minimum absolute atomic E-state index is 0.0489. The summed E-state index contributed by atoms with van der Waals surface area (Å²) in [7, 11) is 0. The fourth-order valence-corrected chi connectivity index (χ4v) is 5.73. The van der Waals surface area contributed by atoms with Crippen LogP contribution < -0.4 is 5.32 Å². The summed E-state index contributed by atoms with van der Waals surface area (Å²) >= 11 is 0. The Hall–Kier alpha value is -0.760. The summed E-state index contributed by atoms with van der Waals surface area (Å²) < 4.78 is 33.6. The van der Waals surface area contributed by atoms with Crippen molar-refractivity contribution < 1.29 is 89.7 Å². The number of nitrogens with one attached hydrogen (secondary N) is 1. The van der Waals surface area contributed by atoms with Gasteiger partial charge in [-0.2, -0.15) is 0 Å². The van der Waals surface area contributed by atoms with Gasteiger partial charge in [-0.3, -0.25) is 0 Å². The van der Waals surface area contributed by atoms with Crippen molar-refractivity contribution in [3.8, 4) is 0 Å². The maximum Gasteiger partial charge on any atom is 0.187 e. The Bertz CT molecular complexity index is 886. The molecule has 0 aromatic rings. The highest BCUT2D eigenvalue weighted by atomic mass is 16.8. The van der Waals surface area contributed by atoms with Crippen molar-refractivity contribution in [2.45, 2.75) is 130 Å². The summed E-state index contributed by atoms with van der Waals surface area (Å²) in [6, 6.07) is 0. The van der Waals surface area contributed by atoms with Crippen LogP contribution in [0.15, 0.2) is 0 Å². The third-order valence-corrected chi connectivity index (χ3v) is 8.40. The van der Waals surface area contributed by atoms with Crippen molar-refractivity contribution in [1.29, 1.82) is 0 Å². The predicted octanol–water partition coefficient (Wildman–Crippen LogP) is -8.08. The Labute approximate surface area is 251 Å². The maximum absolute atomic E-state index is 10.9. The minimum Gasteiger partial charge on any atom is -0.394 e. The molecule has 13 N–H and O–H groups in total. The first-order chi connectivity index (χ1) is 20.8. The molecule has 258 valence electrons. The lowest BCUT2D eigenvalue weighted by molar-refractivity contribution is -0.381. The Kier molecular flexibility index (Phi) is 12.7. The van der Waals surface area contributed by atoms with E-state index in [2.05, 4.69) is 5.32 Å². The topological polar surface area (TPSA) is 310 Å². The fourth-order valence-electron chi connectivity index (χ4n) is 5.73. The molecule has 0 aliphatic carbocycles. The van der Waals surface area contributed by atoms with Crippen molar-refractivity contribution >= 4 is 0 Å². The summed E-state index contributed by atoms with van der Waals surface area (Å²) in [5, 5.41) is 127. The summed E-state index contributed by atoms with van der Waals surface area (Å²) in [4.78, 5) is 0. The van der Waals surface area contributed by atoms with Crippen molar-refractivity contribution in [2.24, 2.45) is 0 Å². The van der Waals surface area contributed by atoms with Gasteiger partial charge in [0.15, 0.2) is 18.9 Å². The van der Waals surface area contributed by atoms with Crippen LogP contribution in [-0.2, 0) is 28.4 Å². The van der Waals surface area contributed by atoms with Crippen LogP contribution in [0, 0.1) is 0 Å². The number of rotatable bonds is 9. The van der Waals surface area contributed by atoms with E-state index >= 15 is 0 Å². The van der Waals surface area contributed by atoms with Gasteiger partial charge in [-0.25, -0.2) is 0 Å². The average molecular weight is 648 g/mol. The molecule has 44 heavy (non-hydrogen) atoms. The predicted molar refractivity (Wildman–Crippen MR) is 138 cm³/mol. The molecule has 0 radical (unpaired) electrons. The summed E-state index contributed by atoms with van der Waals surface area (Å²) in [5.74, 6) is 0. The van der Waals surface area contributed by atoms with E-state index in [4.69, 9.17) is 28.4 Å². The first-order valence-corrected chi connectivity index (χ1v) is 14.5. The lowest BCUT2D eigenvalue weighted by atomic mass is 9.95. The lowest BCUT2D eigenvalue weighted by Gasteiger charge is -2.48. The lowest BCUT2D eigenvalue weighted by Crippen LogP contribution is -2.66. The Morgan fingerprint density at radius 3 is 1.45 bits per heavy atom. The van der Waals surface area contributed by atoms with Crippen molar-refractivity contribution in [3.05, 3.63) is 0 Å². The number of ether oxygens (including phenoxy) is 6. The molecule has 4 aliphatic heterocycles. The van der Waals surface area contributed by atoms with E-state index in [1.54, 1.807) is 6.92 Å². The summed E-state index contributed by atoms with van der Waals surface area (Å²) in [5.41, 5.74) is 0. The molecular weight excluding hydrogens is 602 g/mol. The van der Waals surface area contributed by atoms with E-state index in [0.29, 0.717) is 0 Å². The minimum atomic E-state index is -1.88. The zero-order chi connectivity index (χ0) is 32.5. The van der Waals surface area contributed by atoms with Crippen LogP contribution in [0.2, 0.25) is 0 Å². The van der Waals surface area contributed by atoms with Crippen LogP contribution in [-0.4, -0.2) is 204 Å². The van der Waals surface area contributed by atoms with Crippen LogP contribution in [0.3, 0.4) is 0 Å². The van der Waals surface area contributed by atoms with E-state index in [-0.39, 0.29) is 19.5 Å². The van der Waals surface area contributed by atoms with Gasteiger partial charge in [0.25, 0.3) is 0 Å². The van der Waals surface area contributed by atoms with Crippen LogP contribution in [0.25, 0.3) is 0 Å². The summed E-state index contributed by atoms with van der Waals surface area (Å²) in [6.07, 6.45) is -29.9. The van der Waals surface area contributed by atoms with E-state index in [1.165, 1.54) is 0 Å². The molecule has 19 unspecified atom stereocenters. The van der Waals surface area contributed by atoms with Crippen LogP contribution >= 0.6 is 0 Å². The second-order valence-electron chi connectivity index (χ2n) is 11.4. The van der Waals surface area contributed by atoms with Crippen LogP contribution in [0.5, 0.6) is 0 Å². The van der Waals surface area contributed by atoms with Gasteiger partial charge < -0.3 is 95.0 Å². The van der Waals surface area contributed by atoms with E-state index in [9.17, 15) is 61.3 Å². The molecule has 0 saturated carbocycles. The zero-order valence-electron chi connectivity index (χ0n) is 23.8. The molecule has 0 bridgehead atoms. The molecule has 19 heteroatoms. The fraction of sp³-hybridized carbons (Fsp3) is 1.00. The van der Waals surface area contributed by atoms with Gasteiger partial charge in [0, 0.05) is 13.1 Å². The molecule has 19 nitrogen and oxygen atoms in total. The molecule has 4 aliphatic rings. The molecule has 0 amide bonds. The number of hydrogen-bond donors (Lipinski definition) is 13. The zero-order valence-corrected chi connectivity index (χ0v) is 23.8. The smallest absolute Gasteiger partial charge is 0.187 e. The van der Waals surface area contributed by atoms with Gasteiger partial charge in [0.1, 0.15) is 79.4 Å². The van der Waals surface area contributed by atoms with Crippen LogP contribution in [0.4, 0.5) is 0 Å². The highest BCUT2D eigenvalue weighted by Crippen LogP contribution is 2.34. The number of aliphatic hydroxyl groups is 12. The van der Waals surface area contributed by atoms with Crippen molar-refractivity contribution in [1.82, 2.24) is 5.32 Å². The Morgan fingerprint density at radius 2 is 0.932 bits per heavy atom. The third kappa shape index (κ3) is 7.36. The van der Waals surface area contributed by atoms with E-state index < -0.39 is 130 Å². The number of β-amino-alcohol motifs (C(OH)–C–C–N with tert-alkyl or cyclic N) is 2. The van der Waals surface area contributed by atoms with Gasteiger partial charge in [-0.05, 0) is 6.42 Å². The monoisotopic (exact) mass is 647 g/mol. The normalized spacial score (nSPS) is 52.4. The third-order valence-electron chi connectivity index (χ3n) is 8.40. The molecule has 4 saturated heterocycles. The van der Waals surface area contributed by atoms with Gasteiger partial charge in [0.2, 0.25) is 0 Å². The molecule has 0 aromatic heterocycles. The molecule has 4 rings (SSSR count). The maximum atomic E-state index is 10.9. The van der Waals surface area contributed by atoms with E-state index in [1.807, 2.05) is 0 Å². The SMILES string of the molecule is CCC1OC(OC2C(CO)OC(OC3C(O)CNCC(O)C3O)C(O)C2O)C(O)C(O)C1OC1OC(CO)C(O)C(O)C1O. The van der Waals surface area contributed by atoms with Gasteiger partial charge in [-0.15, -0.1) is 0 Å². The molecule has 19 atom stereocenters. The molecule has 0 spiro atoms. The Morgan fingerprint density at radius 1 is 0.500 bits per heavy atom. The highest BCUT2D eigenvalue weighted by molar-refractivity contribution is 4.97. The first-order valence-electron chi connectivity index (χ1n) is 14.5. The van der Waals surface area contributed by atoms with E-state index in [0.717, 1.165) is 0 Å². The van der Waals surface area contributed by atoms with Crippen molar-refractivity contribution in [3.63, 3.8) is 0 Å². The second kappa shape index (κ2) is 15.4. The Balaban J connectivity index is 1.43. The summed E-state index contributed by atoms with van der Waals surface area (Å²) in [6.45, 7) is -0.0230. The van der Waals surface area contributed by atoms with Gasteiger partial charge in [-0.1, -0.05) is 6.92 Å². The van der Waals surface area contributed by atoms with Crippen LogP contribution in [0.1, 0.15) is 13.3 Å². The molecule has 0 aromatic carbocycles. The molecule has 4 heterocycles. The van der Waals surface area contributed by atoms with Gasteiger partial charge >= 0.3 is 0 Å².